The average molecular weight is 143 g/mol. The average Bonchev–Trinajstić information content (AvgIpc) is 2.34. The number of thioether (sulfide) groups is 1. The molecule has 0 amide bonds. The molecule has 1 heterocycles. The minimum absolute atomic E-state index is 0.692. The van der Waals surface area contributed by atoms with Gasteiger partial charge in [-0.25, -0.2) is 0 Å². The van der Waals surface area contributed by atoms with E-state index in [1.807, 2.05) is 11.8 Å². The molecule has 1 atom stereocenters. The Labute approximate surface area is 60.7 Å². The van der Waals surface area contributed by atoms with Crippen molar-refractivity contribution in [1.29, 1.82) is 0 Å². The summed E-state index contributed by atoms with van der Waals surface area (Å²) in [5, 5.41) is 0.772. The Morgan fingerprint density at radius 2 is 2.56 bits per heavy atom. The molecule has 1 fully saturated rings. The maximum Gasteiger partial charge on any atom is 0.0227 e. The van der Waals surface area contributed by atoms with Gasteiger partial charge < -0.3 is 5.73 Å². The van der Waals surface area contributed by atoms with E-state index >= 15 is 0 Å². The van der Waals surface area contributed by atoms with Crippen molar-refractivity contribution in [3.63, 3.8) is 0 Å². The molecule has 2 heteroatoms. The van der Waals surface area contributed by atoms with Gasteiger partial charge in [0.05, 0.1) is 0 Å². The molecule has 52 valence electrons. The summed E-state index contributed by atoms with van der Waals surface area (Å²) >= 11 is 2.04. The summed E-state index contributed by atoms with van der Waals surface area (Å²) in [6.07, 6.45) is 7.02. The Morgan fingerprint density at radius 1 is 1.67 bits per heavy atom. The summed E-state index contributed by atoms with van der Waals surface area (Å²) in [5.74, 6) is 1.33. The molecule has 1 rings (SSSR count). The van der Waals surface area contributed by atoms with Crippen LogP contribution >= 0.6 is 11.8 Å². The molecule has 0 spiro atoms. The van der Waals surface area contributed by atoms with Crippen LogP contribution in [0, 0.1) is 0 Å². The first kappa shape index (κ1) is 7.16. The number of rotatable bonds is 2. The molecule has 2 N–H and O–H groups in total. The molecular weight excluding hydrogens is 130 g/mol. The van der Waals surface area contributed by atoms with E-state index in [1.54, 1.807) is 0 Å². The third kappa shape index (κ3) is 2.41. The van der Waals surface area contributed by atoms with Gasteiger partial charge >= 0.3 is 0 Å². The van der Waals surface area contributed by atoms with Crippen LogP contribution in [0.3, 0.4) is 0 Å². The molecule has 0 bridgehead atoms. The Kier molecular flexibility index (Phi) is 3.15. The Bertz CT molecular complexity index is 95.1. The molecule has 0 aliphatic carbocycles. The van der Waals surface area contributed by atoms with E-state index < -0.39 is 0 Å². The highest BCUT2D eigenvalue weighted by molar-refractivity contribution is 8.00. The monoisotopic (exact) mass is 143 g/mol. The molecule has 0 aromatic heterocycles. The predicted molar refractivity (Wildman–Crippen MR) is 43.7 cm³/mol. The summed E-state index contributed by atoms with van der Waals surface area (Å²) < 4.78 is 0. The Hall–Kier alpha value is 0.0500. The number of hydrogen-bond acceptors (Lipinski definition) is 2. The minimum Gasteiger partial charge on any atom is -0.327 e. The lowest BCUT2D eigenvalue weighted by atomic mass is 10.2. The first-order valence-electron chi connectivity index (χ1n) is 3.42. The van der Waals surface area contributed by atoms with Gasteiger partial charge in [-0.3, -0.25) is 0 Å². The summed E-state index contributed by atoms with van der Waals surface area (Å²) in [5.41, 5.74) is 5.31. The fourth-order valence-corrected chi connectivity index (χ4v) is 2.18. The zero-order chi connectivity index (χ0) is 6.53. The van der Waals surface area contributed by atoms with E-state index in [-0.39, 0.29) is 0 Å². The van der Waals surface area contributed by atoms with Gasteiger partial charge in [-0.1, -0.05) is 12.2 Å². The second-order valence-corrected chi connectivity index (χ2v) is 3.56. The second kappa shape index (κ2) is 3.96. The fraction of sp³-hybridized carbons (Fsp3) is 0.714. The lowest BCUT2D eigenvalue weighted by Gasteiger charge is -1.97. The van der Waals surface area contributed by atoms with Gasteiger partial charge in [0.25, 0.3) is 0 Å². The van der Waals surface area contributed by atoms with Gasteiger partial charge in [-0.15, -0.1) is 0 Å². The van der Waals surface area contributed by atoms with E-state index in [9.17, 15) is 0 Å². The van der Waals surface area contributed by atoms with Gasteiger partial charge in [0.1, 0.15) is 0 Å². The summed E-state index contributed by atoms with van der Waals surface area (Å²) in [4.78, 5) is 0. The molecule has 1 aliphatic heterocycles. The molecule has 0 aromatic rings. The zero-order valence-corrected chi connectivity index (χ0v) is 6.36. The quantitative estimate of drug-likeness (QED) is 0.591. The maximum absolute atomic E-state index is 5.31. The van der Waals surface area contributed by atoms with Crippen LogP contribution in [0.2, 0.25) is 0 Å². The Balaban J connectivity index is 2.18. The van der Waals surface area contributed by atoms with Crippen molar-refractivity contribution < 1.29 is 0 Å². The predicted octanol–water partition coefficient (Wildman–Crippen LogP) is 1.40. The molecule has 0 radical (unpaired) electrons. The first-order chi connectivity index (χ1) is 4.43. The van der Waals surface area contributed by atoms with Gasteiger partial charge in [0.2, 0.25) is 0 Å². The minimum atomic E-state index is 0.692. The van der Waals surface area contributed by atoms with E-state index in [0.717, 1.165) is 5.25 Å². The molecule has 1 nitrogen and oxygen atoms in total. The van der Waals surface area contributed by atoms with E-state index in [0.29, 0.717) is 6.54 Å². The van der Waals surface area contributed by atoms with Crippen LogP contribution in [0.1, 0.15) is 12.8 Å². The van der Waals surface area contributed by atoms with Gasteiger partial charge in [-0.05, 0) is 18.6 Å². The van der Waals surface area contributed by atoms with E-state index in [2.05, 4.69) is 12.2 Å². The molecule has 1 saturated heterocycles. The van der Waals surface area contributed by atoms with Crippen LogP contribution < -0.4 is 5.73 Å². The van der Waals surface area contributed by atoms with E-state index in [4.69, 9.17) is 5.73 Å². The van der Waals surface area contributed by atoms with Crippen molar-refractivity contribution in [2.24, 2.45) is 5.73 Å². The normalized spacial score (nSPS) is 27.9. The van der Waals surface area contributed by atoms with Crippen LogP contribution in [-0.2, 0) is 0 Å². The van der Waals surface area contributed by atoms with Crippen molar-refractivity contribution in [3.05, 3.63) is 12.2 Å². The van der Waals surface area contributed by atoms with Crippen LogP contribution in [0.5, 0.6) is 0 Å². The lowest BCUT2D eigenvalue weighted by molar-refractivity contribution is 0.879. The SMILES string of the molecule is NC/C=C\C1CCCS1. The highest BCUT2D eigenvalue weighted by atomic mass is 32.2. The third-order valence-corrected chi connectivity index (χ3v) is 2.80. The highest BCUT2D eigenvalue weighted by Gasteiger charge is 2.10. The van der Waals surface area contributed by atoms with E-state index in [1.165, 1.54) is 18.6 Å². The molecule has 9 heavy (non-hydrogen) atoms. The molecule has 0 saturated carbocycles. The lowest BCUT2D eigenvalue weighted by Crippen LogP contribution is -1.96. The fourth-order valence-electron chi connectivity index (χ4n) is 0.985. The molecule has 1 aliphatic rings. The summed E-state index contributed by atoms with van der Waals surface area (Å²) in [6, 6.07) is 0. The number of hydrogen-bond donors (Lipinski definition) is 1. The van der Waals surface area contributed by atoms with Crippen LogP contribution in [0.25, 0.3) is 0 Å². The van der Waals surface area contributed by atoms with Crippen molar-refractivity contribution in [2.75, 3.05) is 12.3 Å². The molecule has 1 unspecified atom stereocenters. The van der Waals surface area contributed by atoms with Gasteiger partial charge in [0, 0.05) is 11.8 Å². The summed E-state index contributed by atoms with van der Waals surface area (Å²) in [6.45, 7) is 0.692. The number of nitrogens with two attached hydrogens (primary N) is 1. The summed E-state index contributed by atoms with van der Waals surface area (Å²) in [7, 11) is 0. The highest BCUT2D eigenvalue weighted by Crippen LogP contribution is 2.26. The maximum atomic E-state index is 5.31. The van der Waals surface area contributed by atoms with Crippen LogP contribution in [0.15, 0.2) is 12.2 Å². The smallest absolute Gasteiger partial charge is 0.0227 e. The second-order valence-electron chi connectivity index (χ2n) is 2.22. The van der Waals surface area contributed by atoms with Crippen molar-refractivity contribution in [1.82, 2.24) is 0 Å². The third-order valence-electron chi connectivity index (χ3n) is 1.45. The van der Waals surface area contributed by atoms with Gasteiger partial charge in [-0.2, -0.15) is 11.8 Å². The molecule has 0 aromatic carbocycles. The van der Waals surface area contributed by atoms with Crippen LogP contribution in [-0.4, -0.2) is 17.5 Å². The van der Waals surface area contributed by atoms with Crippen LogP contribution in [0.4, 0.5) is 0 Å². The standard InChI is InChI=1S/C7H13NS/c8-5-1-3-7-4-2-6-9-7/h1,3,7H,2,4-6,8H2/b3-1-. The van der Waals surface area contributed by atoms with Gasteiger partial charge in [0.15, 0.2) is 0 Å². The van der Waals surface area contributed by atoms with Crippen molar-refractivity contribution >= 4 is 11.8 Å². The zero-order valence-electron chi connectivity index (χ0n) is 5.55. The van der Waals surface area contributed by atoms with Crippen molar-refractivity contribution in [2.45, 2.75) is 18.1 Å². The molecular formula is C7H13NS. The Morgan fingerprint density at radius 3 is 3.11 bits per heavy atom. The first-order valence-corrected chi connectivity index (χ1v) is 4.46. The largest absolute Gasteiger partial charge is 0.327 e. The topological polar surface area (TPSA) is 26.0 Å². The van der Waals surface area contributed by atoms with Crippen molar-refractivity contribution in [3.8, 4) is 0 Å².